The highest BCUT2D eigenvalue weighted by Gasteiger charge is 2.35. The zero-order chi connectivity index (χ0) is 14.8. The lowest BCUT2D eigenvalue weighted by Gasteiger charge is -2.13. The SMILES string of the molecule is COc1ccc(Oc2ncccc2C(F)(F)F)c(Br)c1. The topological polar surface area (TPSA) is 31.4 Å². The highest BCUT2D eigenvalue weighted by Crippen LogP contribution is 2.38. The lowest BCUT2D eigenvalue weighted by atomic mass is 10.2. The first-order chi connectivity index (χ1) is 9.41. The first-order valence-electron chi connectivity index (χ1n) is 5.45. The van der Waals surface area contributed by atoms with Crippen molar-refractivity contribution >= 4 is 15.9 Å². The van der Waals surface area contributed by atoms with Gasteiger partial charge in [-0.1, -0.05) is 0 Å². The van der Waals surface area contributed by atoms with Gasteiger partial charge in [-0.15, -0.1) is 0 Å². The van der Waals surface area contributed by atoms with Crippen molar-refractivity contribution in [3.05, 3.63) is 46.6 Å². The average Bonchev–Trinajstić information content (AvgIpc) is 2.40. The van der Waals surface area contributed by atoms with Crippen LogP contribution in [0.15, 0.2) is 41.0 Å². The van der Waals surface area contributed by atoms with Crippen LogP contribution >= 0.6 is 15.9 Å². The van der Waals surface area contributed by atoms with Crippen LogP contribution in [0.3, 0.4) is 0 Å². The lowest BCUT2D eigenvalue weighted by molar-refractivity contribution is -0.138. The summed E-state index contributed by atoms with van der Waals surface area (Å²) in [6.07, 6.45) is -3.29. The molecule has 0 spiro atoms. The van der Waals surface area contributed by atoms with Crippen molar-refractivity contribution in [1.29, 1.82) is 0 Å². The lowest BCUT2D eigenvalue weighted by Crippen LogP contribution is -2.08. The molecule has 0 N–H and O–H groups in total. The third-order valence-electron chi connectivity index (χ3n) is 2.42. The van der Waals surface area contributed by atoms with Crippen LogP contribution in [0.2, 0.25) is 0 Å². The van der Waals surface area contributed by atoms with Gasteiger partial charge in [0, 0.05) is 6.20 Å². The molecule has 0 aliphatic heterocycles. The van der Waals surface area contributed by atoms with Crippen molar-refractivity contribution in [2.45, 2.75) is 6.18 Å². The number of alkyl halides is 3. The van der Waals surface area contributed by atoms with E-state index in [1.165, 1.54) is 25.4 Å². The van der Waals surface area contributed by atoms with Crippen LogP contribution < -0.4 is 9.47 Å². The van der Waals surface area contributed by atoms with Crippen molar-refractivity contribution in [3.63, 3.8) is 0 Å². The maximum absolute atomic E-state index is 12.8. The molecule has 1 aromatic carbocycles. The molecule has 0 amide bonds. The van der Waals surface area contributed by atoms with E-state index in [2.05, 4.69) is 20.9 Å². The summed E-state index contributed by atoms with van der Waals surface area (Å²) >= 11 is 3.21. The molecule has 1 aromatic heterocycles. The van der Waals surface area contributed by atoms with Gasteiger partial charge in [0.05, 0.1) is 11.6 Å². The maximum atomic E-state index is 12.8. The second-order valence-corrected chi connectivity index (χ2v) is 4.61. The van der Waals surface area contributed by atoms with E-state index in [-0.39, 0.29) is 5.75 Å². The van der Waals surface area contributed by atoms with Crippen LogP contribution in [0.1, 0.15) is 5.56 Å². The Labute approximate surface area is 121 Å². The summed E-state index contributed by atoms with van der Waals surface area (Å²) in [6, 6.07) is 6.79. The molecule has 0 aliphatic carbocycles. The highest BCUT2D eigenvalue weighted by molar-refractivity contribution is 9.10. The monoisotopic (exact) mass is 347 g/mol. The van der Waals surface area contributed by atoms with E-state index in [1.807, 2.05) is 0 Å². The van der Waals surface area contributed by atoms with E-state index in [4.69, 9.17) is 9.47 Å². The molecule has 0 atom stereocenters. The summed E-state index contributed by atoms with van der Waals surface area (Å²) in [5, 5.41) is 0. The van der Waals surface area contributed by atoms with E-state index >= 15 is 0 Å². The normalized spacial score (nSPS) is 11.2. The fraction of sp³-hybridized carbons (Fsp3) is 0.154. The molecular weight excluding hydrogens is 339 g/mol. The van der Waals surface area contributed by atoms with Gasteiger partial charge in [0.15, 0.2) is 0 Å². The van der Waals surface area contributed by atoms with Gasteiger partial charge in [0.25, 0.3) is 0 Å². The second kappa shape index (κ2) is 5.70. The molecular formula is C13H9BrF3NO2. The van der Waals surface area contributed by atoms with Crippen LogP contribution in [0.4, 0.5) is 13.2 Å². The molecule has 0 unspecified atom stereocenters. The Bertz CT molecular complexity index is 617. The van der Waals surface area contributed by atoms with Gasteiger partial charge >= 0.3 is 6.18 Å². The molecule has 0 bridgehead atoms. The molecule has 0 radical (unpaired) electrons. The summed E-state index contributed by atoms with van der Waals surface area (Å²) in [7, 11) is 1.49. The van der Waals surface area contributed by atoms with Crippen LogP contribution in [-0.2, 0) is 6.18 Å². The van der Waals surface area contributed by atoms with Gasteiger partial charge in [-0.25, -0.2) is 4.98 Å². The molecule has 0 aliphatic rings. The third-order valence-corrected chi connectivity index (χ3v) is 3.04. The predicted molar refractivity (Wildman–Crippen MR) is 70.0 cm³/mol. The van der Waals surface area contributed by atoms with Crippen molar-refractivity contribution in [1.82, 2.24) is 4.98 Å². The number of ether oxygens (including phenoxy) is 2. The summed E-state index contributed by atoms with van der Waals surface area (Å²) in [6.45, 7) is 0. The molecule has 7 heteroatoms. The second-order valence-electron chi connectivity index (χ2n) is 3.75. The van der Waals surface area contributed by atoms with Crippen LogP contribution in [0, 0.1) is 0 Å². The Morgan fingerprint density at radius 3 is 2.55 bits per heavy atom. The Morgan fingerprint density at radius 1 is 1.20 bits per heavy atom. The Morgan fingerprint density at radius 2 is 1.95 bits per heavy atom. The minimum absolute atomic E-state index is 0.218. The number of aromatic nitrogens is 1. The van der Waals surface area contributed by atoms with Crippen LogP contribution in [-0.4, -0.2) is 12.1 Å². The summed E-state index contributed by atoms with van der Waals surface area (Å²) in [4.78, 5) is 3.63. The summed E-state index contributed by atoms with van der Waals surface area (Å²) in [5.41, 5.74) is -0.928. The zero-order valence-corrected chi connectivity index (χ0v) is 11.8. The molecule has 2 aromatic rings. The first kappa shape index (κ1) is 14.6. The molecule has 1 heterocycles. The molecule has 0 saturated heterocycles. The van der Waals surface area contributed by atoms with E-state index in [0.717, 1.165) is 6.07 Å². The third kappa shape index (κ3) is 3.22. The molecule has 0 saturated carbocycles. The molecule has 3 nitrogen and oxygen atoms in total. The average molecular weight is 348 g/mol. The number of pyridine rings is 1. The summed E-state index contributed by atoms with van der Waals surface area (Å²) in [5.74, 6) is 0.280. The van der Waals surface area contributed by atoms with Crippen molar-refractivity contribution < 1.29 is 22.6 Å². The number of nitrogens with zero attached hydrogens (tertiary/aromatic N) is 1. The van der Waals surface area contributed by atoms with Crippen LogP contribution in [0.25, 0.3) is 0 Å². The van der Waals surface area contributed by atoms with Gasteiger partial charge in [-0.2, -0.15) is 13.2 Å². The van der Waals surface area contributed by atoms with E-state index in [0.29, 0.717) is 10.2 Å². The maximum Gasteiger partial charge on any atom is 0.421 e. The number of methoxy groups -OCH3 is 1. The number of benzene rings is 1. The number of hydrogen-bond donors (Lipinski definition) is 0. The van der Waals surface area contributed by atoms with E-state index < -0.39 is 17.6 Å². The predicted octanol–water partition coefficient (Wildman–Crippen LogP) is 4.66. The fourth-order valence-corrected chi connectivity index (χ4v) is 1.92. The Kier molecular flexibility index (Phi) is 4.17. The Balaban J connectivity index is 2.36. The Hall–Kier alpha value is -1.76. The smallest absolute Gasteiger partial charge is 0.421 e. The van der Waals surface area contributed by atoms with Crippen molar-refractivity contribution in [2.24, 2.45) is 0 Å². The minimum Gasteiger partial charge on any atom is -0.497 e. The number of hydrogen-bond acceptors (Lipinski definition) is 3. The first-order valence-corrected chi connectivity index (χ1v) is 6.24. The molecule has 20 heavy (non-hydrogen) atoms. The van der Waals surface area contributed by atoms with Crippen molar-refractivity contribution in [2.75, 3.05) is 7.11 Å². The summed E-state index contributed by atoms with van der Waals surface area (Å²) < 4.78 is 49.2. The number of rotatable bonds is 3. The molecule has 2 rings (SSSR count). The van der Waals surface area contributed by atoms with Crippen LogP contribution in [0.5, 0.6) is 17.4 Å². The van der Waals surface area contributed by atoms with E-state index in [1.54, 1.807) is 12.1 Å². The van der Waals surface area contributed by atoms with E-state index in [9.17, 15) is 13.2 Å². The van der Waals surface area contributed by atoms with Gasteiger partial charge in [-0.3, -0.25) is 0 Å². The van der Waals surface area contributed by atoms with Gasteiger partial charge in [0.2, 0.25) is 5.88 Å². The zero-order valence-electron chi connectivity index (χ0n) is 10.2. The standard InChI is InChI=1S/C13H9BrF3NO2/c1-19-8-4-5-11(10(14)7-8)20-12-9(13(15,16)17)3-2-6-18-12/h2-7H,1H3. The van der Waals surface area contributed by atoms with Gasteiger partial charge in [-0.05, 0) is 46.3 Å². The quantitative estimate of drug-likeness (QED) is 0.808. The van der Waals surface area contributed by atoms with Gasteiger partial charge < -0.3 is 9.47 Å². The molecule has 0 fully saturated rings. The fourth-order valence-electron chi connectivity index (χ4n) is 1.48. The number of halogens is 4. The highest BCUT2D eigenvalue weighted by atomic mass is 79.9. The van der Waals surface area contributed by atoms with Crippen molar-refractivity contribution in [3.8, 4) is 17.4 Å². The minimum atomic E-state index is -4.53. The van der Waals surface area contributed by atoms with Gasteiger partial charge in [0.1, 0.15) is 17.1 Å². The largest absolute Gasteiger partial charge is 0.497 e. The molecule has 106 valence electrons.